The van der Waals surface area contributed by atoms with Crippen LogP contribution in [0.15, 0.2) is 28.6 Å². The molecule has 0 saturated carbocycles. The van der Waals surface area contributed by atoms with Crippen molar-refractivity contribution >= 4 is 15.4 Å². The zero-order valence-electron chi connectivity index (χ0n) is 8.69. The Morgan fingerprint density at radius 2 is 1.93 bits per heavy atom. The summed E-state index contributed by atoms with van der Waals surface area (Å²) in [5.74, 6) is 1.35. The third-order valence-corrected chi connectivity index (χ3v) is 3.57. The molecule has 0 amide bonds. The third-order valence-electron chi connectivity index (χ3n) is 1.91. The van der Waals surface area contributed by atoms with Crippen molar-refractivity contribution < 1.29 is 8.95 Å². The highest BCUT2D eigenvalue weighted by atomic mass is 32.2. The molecule has 0 aliphatic heterocycles. The van der Waals surface area contributed by atoms with Gasteiger partial charge in [0.15, 0.2) is 0 Å². The van der Waals surface area contributed by atoms with Crippen LogP contribution >= 0.6 is 0 Å². The Kier molecular flexibility index (Phi) is 3.52. The standard InChI is InChI=1S/C10H15NO2S/c1-4-14(3,12)11-9-5-7-10(13-2)8-6-9/h5-8H,4H2,1-3H3/t14-/m0/s1. The number of methoxy groups -OCH3 is 1. The summed E-state index contributed by atoms with van der Waals surface area (Å²) in [7, 11) is -0.446. The van der Waals surface area contributed by atoms with Crippen LogP contribution in [0.5, 0.6) is 5.75 Å². The highest BCUT2D eigenvalue weighted by molar-refractivity contribution is 7.93. The van der Waals surface area contributed by atoms with Crippen molar-refractivity contribution in [3.63, 3.8) is 0 Å². The lowest BCUT2D eigenvalue weighted by Crippen LogP contribution is -1.97. The summed E-state index contributed by atoms with van der Waals surface area (Å²) >= 11 is 0. The molecule has 0 N–H and O–H groups in total. The number of hydrogen-bond acceptors (Lipinski definition) is 3. The predicted molar refractivity (Wildman–Crippen MR) is 59.7 cm³/mol. The first-order valence-electron chi connectivity index (χ1n) is 4.41. The second-order valence-corrected chi connectivity index (χ2v) is 5.72. The largest absolute Gasteiger partial charge is 0.497 e. The minimum absolute atomic E-state index is 0.568. The third kappa shape index (κ3) is 3.03. The van der Waals surface area contributed by atoms with Gasteiger partial charge in [0.25, 0.3) is 0 Å². The molecule has 0 fully saturated rings. The average Bonchev–Trinajstić information content (AvgIpc) is 2.19. The lowest BCUT2D eigenvalue weighted by atomic mass is 10.3. The van der Waals surface area contributed by atoms with Crippen LogP contribution in [-0.4, -0.2) is 23.3 Å². The normalized spacial score (nSPS) is 14.5. The highest BCUT2D eigenvalue weighted by Gasteiger charge is 1.97. The van der Waals surface area contributed by atoms with E-state index in [0.717, 1.165) is 11.4 Å². The van der Waals surface area contributed by atoms with Crippen LogP contribution in [0.3, 0.4) is 0 Å². The van der Waals surface area contributed by atoms with Gasteiger partial charge in [-0.05, 0) is 24.3 Å². The van der Waals surface area contributed by atoms with E-state index in [2.05, 4.69) is 4.36 Å². The van der Waals surface area contributed by atoms with Gasteiger partial charge in [0, 0.05) is 21.7 Å². The van der Waals surface area contributed by atoms with E-state index in [1.54, 1.807) is 25.5 Å². The van der Waals surface area contributed by atoms with E-state index in [1.165, 1.54) is 0 Å². The van der Waals surface area contributed by atoms with Crippen LogP contribution in [0.1, 0.15) is 6.92 Å². The molecule has 0 bridgehead atoms. The first-order valence-corrected chi connectivity index (χ1v) is 6.50. The van der Waals surface area contributed by atoms with Gasteiger partial charge < -0.3 is 4.74 Å². The monoisotopic (exact) mass is 213 g/mol. The number of nitrogens with zero attached hydrogens (tertiary/aromatic N) is 1. The fraction of sp³-hybridized carbons (Fsp3) is 0.400. The summed E-state index contributed by atoms with van der Waals surface area (Å²) in [6.07, 6.45) is 1.66. The molecule has 1 atom stereocenters. The molecule has 0 aromatic heterocycles. The van der Waals surface area contributed by atoms with Gasteiger partial charge in [-0.25, -0.2) is 4.21 Å². The van der Waals surface area contributed by atoms with Crippen molar-refractivity contribution in [2.24, 2.45) is 4.36 Å². The van der Waals surface area contributed by atoms with E-state index in [9.17, 15) is 4.21 Å². The van der Waals surface area contributed by atoms with Gasteiger partial charge in [-0.3, -0.25) is 0 Å². The molecular formula is C10H15NO2S. The van der Waals surface area contributed by atoms with Gasteiger partial charge in [-0.2, -0.15) is 4.36 Å². The molecule has 0 aliphatic carbocycles. The van der Waals surface area contributed by atoms with Crippen molar-refractivity contribution in [3.8, 4) is 5.75 Å². The Hall–Kier alpha value is -1.03. The van der Waals surface area contributed by atoms with Gasteiger partial charge >= 0.3 is 0 Å². The Labute approximate surface area is 85.3 Å². The summed E-state index contributed by atoms with van der Waals surface area (Å²) in [4.78, 5) is 0. The Morgan fingerprint density at radius 1 is 1.36 bits per heavy atom. The van der Waals surface area contributed by atoms with Crippen LogP contribution in [0, 0.1) is 0 Å². The van der Waals surface area contributed by atoms with E-state index >= 15 is 0 Å². The minimum Gasteiger partial charge on any atom is -0.497 e. The van der Waals surface area contributed by atoms with Gasteiger partial charge in [-0.15, -0.1) is 0 Å². The maximum Gasteiger partial charge on any atom is 0.119 e. The van der Waals surface area contributed by atoms with Crippen molar-refractivity contribution in [2.75, 3.05) is 19.1 Å². The molecule has 0 saturated heterocycles. The van der Waals surface area contributed by atoms with E-state index in [-0.39, 0.29) is 0 Å². The van der Waals surface area contributed by atoms with Gasteiger partial charge in [-0.1, -0.05) is 6.92 Å². The van der Waals surface area contributed by atoms with E-state index in [0.29, 0.717) is 5.75 Å². The van der Waals surface area contributed by atoms with Crippen LogP contribution in [0.4, 0.5) is 5.69 Å². The van der Waals surface area contributed by atoms with E-state index in [1.807, 2.05) is 19.1 Å². The van der Waals surface area contributed by atoms with Crippen LogP contribution < -0.4 is 4.74 Å². The second-order valence-electron chi connectivity index (χ2n) is 3.04. The molecule has 3 nitrogen and oxygen atoms in total. The van der Waals surface area contributed by atoms with Crippen molar-refractivity contribution in [2.45, 2.75) is 6.92 Å². The number of hydrogen-bond donors (Lipinski definition) is 0. The van der Waals surface area contributed by atoms with Crippen molar-refractivity contribution in [1.82, 2.24) is 0 Å². The summed E-state index contributed by atoms with van der Waals surface area (Å²) in [5.41, 5.74) is 0.736. The Balaban J connectivity index is 3.00. The molecular weight excluding hydrogens is 198 g/mol. The molecule has 4 heteroatoms. The molecule has 1 aromatic rings. The zero-order chi connectivity index (χ0) is 10.6. The van der Waals surface area contributed by atoms with Crippen molar-refractivity contribution in [3.05, 3.63) is 24.3 Å². The van der Waals surface area contributed by atoms with Gasteiger partial charge in [0.2, 0.25) is 0 Å². The van der Waals surface area contributed by atoms with Crippen molar-refractivity contribution in [1.29, 1.82) is 0 Å². The van der Waals surface area contributed by atoms with Crippen LogP contribution in [0.2, 0.25) is 0 Å². The molecule has 1 rings (SSSR count). The molecule has 0 aliphatic rings. The summed E-state index contributed by atoms with van der Waals surface area (Å²) < 4.78 is 20.9. The van der Waals surface area contributed by atoms with E-state index in [4.69, 9.17) is 4.74 Å². The number of benzene rings is 1. The van der Waals surface area contributed by atoms with Crippen LogP contribution in [0.25, 0.3) is 0 Å². The molecule has 0 radical (unpaired) electrons. The minimum atomic E-state index is -2.06. The topological polar surface area (TPSA) is 38.7 Å². The molecule has 0 heterocycles. The smallest absolute Gasteiger partial charge is 0.119 e. The molecule has 0 unspecified atom stereocenters. The zero-order valence-corrected chi connectivity index (χ0v) is 9.50. The lowest BCUT2D eigenvalue weighted by Gasteiger charge is -2.01. The summed E-state index contributed by atoms with van der Waals surface area (Å²) in [6, 6.07) is 7.23. The fourth-order valence-corrected chi connectivity index (χ4v) is 1.63. The molecule has 14 heavy (non-hydrogen) atoms. The average molecular weight is 213 g/mol. The Bertz CT molecular complexity index is 403. The molecule has 78 valence electrons. The van der Waals surface area contributed by atoms with E-state index < -0.39 is 9.73 Å². The molecule has 0 spiro atoms. The first kappa shape index (κ1) is 11.0. The van der Waals surface area contributed by atoms with Gasteiger partial charge in [0.05, 0.1) is 12.8 Å². The second kappa shape index (κ2) is 4.46. The predicted octanol–water partition coefficient (Wildman–Crippen LogP) is 2.44. The first-order chi connectivity index (χ1) is 6.57. The SMILES string of the molecule is CC[S@](C)(=O)=Nc1ccc(OC)cc1. The highest BCUT2D eigenvalue weighted by Crippen LogP contribution is 2.19. The maximum absolute atomic E-state index is 11.7. The number of ether oxygens (including phenoxy) is 1. The quantitative estimate of drug-likeness (QED) is 0.773. The van der Waals surface area contributed by atoms with Gasteiger partial charge in [0.1, 0.15) is 5.75 Å². The fourth-order valence-electron chi connectivity index (χ4n) is 0.931. The number of rotatable bonds is 3. The summed E-state index contributed by atoms with van der Waals surface area (Å²) in [5, 5.41) is 0. The summed E-state index contributed by atoms with van der Waals surface area (Å²) in [6.45, 7) is 1.87. The van der Waals surface area contributed by atoms with Crippen LogP contribution in [-0.2, 0) is 9.73 Å². The molecule has 1 aromatic carbocycles. The Morgan fingerprint density at radius 3 is 2.36 bits per heavy atom. The maximum atomic E-state index is 11.7. The lowest BCUT2D eigenvalue weighted by molar-refractivity contribution is 0.415.